The van der Waals surface area contributed by atoms with Crippen LogP contribution in [-0.4, -0.2) is 32.1 Å². The van der Waals surface area contributed by atoms with Crippen molar-refractivity contribution in [3.8, 4) is 11.5 Å². The molecule has 0 N–H and O–H groups in total. The summed E-state index contributed by atoms with van der Waals surface area (Å²) in [5.41, 5.74) is 0.0311. The van der Waals surface area contributed by atoms with E-state index in [-0.39, 0.29) is 11.1 Å². The second-order valence-corrected chi connectivity index (χ2v) is 5.14. The first-order chi connectivity index (χ1) is 11.8. The lowest BCUT2D eigenvalue weighted by atomic mass is 10.1. The predicted octanol–water partition coefficient (Wildman–Crippen LogP) is 3.41. The SMILES string of the molecule is COc1cc(OC)cc(C(=O)OC(C)C(=O)c2ccc(F)c(F)c2)c1. The van der Waals surface area contributed by atoms with Gasteiger partial charge in [0.1, 0.15) is 11.5 Å². The third-order valence-electron chi connectivity index (χ3n) is 3.44. The first kappa shape index (κ1) is 18.4. The van der Waals surface area contributed by atoms with Crippen LogP contribution in [-0.2, 0) is 4.74 Å². The van der Waals surface area contributed by atoms with Crippen LogP contribution in [0.4, 0.5) is 8.78 Å². The van der Waals surface area contributed by atoms with Crippen LogP contribution in [0.25, 0.3) is 0 Å². The zero-order valence-corrected chi connectivity index (χ0v) is 13.8. The summed E-state index contributed by atoms with van der Waals surface area (Å²) in [5.74, 6) is -2.88. The van der Waals surface area contributed by atoms with Gasteiger partial charge in [0.2, 0.25) is 5.78 Å². The molecule has 0 aliphatic carbocycles. The number of carbonyl (C=O) groups excluding carboxylic acids is 2. The topological polar surface area (TPSA) is 61.8 Å². The summed E-state index contributed by atoms with van der Waals surface area (Å²) >= 11 is 0. The van der Waals surface area contributed by atoms with Gasteiger partial charge >= 0.3 is 5.97 Å². The van der Waals surface area contributed by atoms with Crippen molar-refractivity contribution >= 4 is 11.8 Å². The Morgan fingerprint density at radius 1 is 0.880 bits per heavy atom. The molecule has 0 saturated carbocycles. The highest BCUT2D eigenvalue weighted by Crippen LogP contribution is 2.23. The lowest BCUT2D eigenvalue weighted by molar-refractivity contribution is 0.0318. The van der Waals surface area contributed by atoms with Crippen LogP contribution < -0.4 is 9.47 Å². The second kappa shape index (κ2) is 7.74. The van der Waals surface area contributed by atoms with Gasteiger partial charge in [-0.1, -0.05) is 0 Å². The molecule has 0 heterocycles. The standard InChI is InChI=1S/C18H16F2O5/c1-10(17(21)11-4-5-15(19)16(20)8-11)25-18(22)12-6-13(23-2)9-14(7-12)24-3/h4-10H,1-3H3. The van der Waals surface area contributed by atoms with Gasteiger partial charge in [0.25, 0.3) is 0 Å². The van der Waals surface area contributed by atoms with E-state index in [1.54, 1.807) is 6.07 Å². The molecule has 0 spiro atoms. The molecule has 25 heavy (non-hydrogen) atoms. The molecular formula is C18H16F2O5. The molecule has 7 heteroatoms. The number of hydrogen-bond donors (Lipinski definition) is 0. The quantitative estimate of drug-likeness (QED) is 0.590. The zero-order valence-electron chi connectivity index (χ0n) is 13.8. The molecular weight excluding hydrogens is 334 g/mol. The van der Waals surface area contributed by atoms with Crippen molar-refractivity contribution in [2.45, 2.75) is 13.0 Å². The smallest absolute Gasteiger partial charge is 0.339 e. The van der Waals surface area contributed by atoms with Crippen LogP contribution in [0.5, 0.6) is 11.5 Å². The van der Waals surface area contributed by atoms with E-state index < -0.39 is 29.5 Å². The molecule has 0 aliphatic heterocycles. The Kier molecular flexibility index (Phi) is 5.69. The van der Waals surface area contributed by atoms with Gasteiger partial charge in [-0.15, -0.1) is 0 Å². The van der Waals surface area contributed by atoms with E-state index in [4.69, 9.17) is 14.2 Å². The summed E-state index contributed by atoms with van der Waals surface area (Å²) in [4.78, 5) is 24.4. The van der Waals surface area contributed by atoms with Crippen molar-refractivity contribution in [1.82, 2.24) is 0 Å². The second-order valence-electron chi connectivity index (χ2n) is 5.14. The zero-order chi connectivity index (χ0) is 18.6. The van der Waals surface area contributed by atoms with Gasteiger partial charge in [0, 0.05) is 11.6 Å². The first-order valence-corrected chi connectivity index (χ1v) is 7.29. The number of ether oxygens (including phenoxy) is 3. The fraction of sp³-hybridized carbons (Fsp3) is 0.222. The first-order valence-electron chi connectivity index (χ1n) is 7.29. The molecule has 0 bridgehead atoms. The highest BCUT2D eigenvalue weighted by atomic mass is 19.2. The van der Waals surface area contributed by atoms with Crippen molar-refractivity contribution in [2.24, 2.45) is 0 Å². The van der Waals surface area contributed by atoms with Crippen LogP contribution in [0.15, 0.2) is 36.4 Å². The minimum Gasteiger partial charge on any atom is -0.497 e. The Labute approximate surface area is 143 Å². The molecule has 0 fully saturated rings. The highest BCUT2D eigenvalue weighted by molar-refractivity contribution is 6.01. The van der Waals surface area contributed by atoms with Crippen LogP contribution in [0.2, 0.25) is 0 Å². The van der Waals surface area contributed by atoms with E-state index >= 15 is 0 Å². The minimum atomic E-state index is -1.19. The molecule has 1 atom stereocenters. The lowest BCUT2D eigenvalue weighted by Gasteiger charge is -2.13. The molecule has 1 unspecified atom stereocenters. The van der Waals surface area contributed by atoms with Gasteiger partial charge in [-0.25, -0.2) is 13.6 Å². The van der Waals surface area contributed by atoms with Crippen LogP contribution in [0.1, 0.15) is 27.6 Å². The molecule has 2 aromatic carbocycles. The summed E-state index contributed by atoms with van der Waals surface area (Å²) < 4.78 is 41.4. The van der Waals surface area contributed by atoms with Crippen LogP contribution in [0.3, 0.4) is 0 Å². The molecule has 0 radical (unpaired) electrons. The largest absolute Gasteiger partial charge is 0.497 e. The van der Waals surface area contributed by atoms with Crippen molar-refractivity contribution in [2.75, 3.05) is 14.2 Å². The molecule has 0 aromatic heterocycles. The molecule has 2 aromatic rings. The molecule has 0 aliphatic rings. The highest BCUT2D eigenvalue weighted by Gasteiger charge is 2.22. The van der Waals surface area contributed by atoms with Gasteiger partial charge in [-0.3, -0.25) is 4.79 Å². The maximum atomic E-state index is 13.2. The van der Waals surface area contributed by atoms with Crippen LogP contribution >= 0.6 is 0 Å². The summed E-state index contributed by atoms with van der Waals surface area (Å²) in [7, 11) is 2.86. The fourth-order valence-corrected chi connectivity index (χ4v) is 2.09. The van der Waals surface area contributed by atoms with Crippen LogP contribution in [0, 0.1) is 11.6 Å². The number of benzene rings is 2. The Hall–Kier alpha value is -2.96. The Morgan fingerprint density at radius 3 is 2.00 bits per heavy atom. The van der Waals surface area contributed by atoms with Crippen molar-refractivity contribution in [3.63, 3.8) is 0 Å². The van der Waals surface area contributed by atoms with E-state index in [0.717, 1.165) is 18.2 Å². The third-order valence-corrected chi connectivity index (χ3v) is 3.44. The predicted molar refractivity (Wildman–Crippen MR) is 85.1 cm³/mol. The Bertz CT molecular complexity index is 782. The van der Waals surface area contributed by atoms with Gasteiger partial charge < -0.3 is 14.2 Å². The maximum absolute atomic E-state index is 13.2. The molecule has 0 saturated heterocycles. The Morgan fingerprint density at radius 2 is 1.48 bits per heavy atom. The van der Waals surface area contributed by atoms with Gasteiger partial charge in [0.15, 0.2) is 17.7 Å². The number of hydrogen-bond acceptors (Lipinski definition) is 5. The fourth-order valence-electron chi connectivity index (χ4n) is 2.09. The van der Waals surface area contributed by atoms with E-state index in [1.165, 1.54) is 33.3 Å². The van der Waals surface area contributed by atoms with Gasteiger partial charge in [0.05, 0.1) is 19.8 Å². The molecule has 132 valence electrons. The van der Waals surface area contributed by atoms with Crippen molar-refractivity contribution in [3.05, 3.63) is 59.2 Å². The van der Waals surface area contributed by atoms with Gasteiger partial charge in [-0.2, -0.15) is 0 Å². The number of halogens is 2. The van der Waals surface area contributed by atoms with E-state index in [9.17, 15) is 18.4 Å². The number of methoxy groups -OCH3 is 2. The molecule has 5 nitrogen and oxygen atoms in total. The number of Topliss-reactive ketones (excluding diaryl/α,β-unsaturated/α-hetero) is 1. The molecule has 2 rings (SSSR count). The van der Waals surface area contributed by atoms with Crippen molar-refractivity contribution < 1.29 is 32.6 Å². The monoisotopic (exact) mass is 350 g/mol. The summed E-state index contributed by atoms with van der Waals surface area (Å²) in [6, 6.07) is 7.16. The number of rotatable bonds is 6. The maximum Gasteiger partial charge on any atom is 0.339 e. The summed E-state index contributed by atoms with van der Waals surface area (Å²) in [6.07, 6.45) is -1.19. The number of esters is 1. The van der Waals surface area contributed by atoms with Gasteiger partial charge in [-0.05, 0) is 37.3 Å². The number of ketones is 1. The average molecular weight is 350 g/mol. The number of carbonyl (C=O) groups is 2. The van der Waals surface area contributed by atoms with E-state index in [2.05, 4.69) is 0 Å². The van der Waals surface area contributed by atoms with E-state index in [0.29, 0.717) is 11.5 Å². The van der Waals surface area contributed by atoms with Crippen molar-refractivity contribution in [1.29, 1.82) is 0 Å². The molecule has 0 amide bonds. The lowest BCUT2D eigenvalue weighted by Crippen LogP contribution is -2.24. The average Bonchev–Trinajstić information content (AvgIpc) is 2.62. The third kappa shape index (κ3) is 4.32. The summed E-state index contributed by atoms with van der Waals surface area (Å²) in [5, 5.41) is 0. The normalized spacial score (nSPS) is 11.6. The summed E-state index contributed by atoms with van der Waals surface area (Å²) in [6.45, 7) is 1.35. The van der Waals surface area contributed by atoms with E-state index in [1.807, 2.05) is 0 Å². The minimum absolute atomic E-state index is 0.0950. The Balaban J connectivity index is 2.16.